The predicted octanol–water partition coefficient (Wildman–Crippen LogP) is 3.16. The summed E-state index contributed by atoms with van der Waals surface area (Å²) in [6.45, 7) is 0. The minimum absolute atomic E-state index is 0.370. The van der Waals surface area contributed by atoms with Gasteiger partial charge in [0.15, 0.2) is 12.2 Å². The maximum atomic E-state index is 11.5. The first-order valence-corrected chi connectivity index (χ1v) is 7.30. The molecule has 1 aliphatic rings. The first-order chi connectivity index (χ1) is 11.0. The number of aliphatic hydroxyl groups excluding tert-OH is 1. The van der Waals surface area contributed by atoms with E-state index in [1.807, 2.05) is 0 Å². The van der Waals surface area contributed by atoms with Gasteiger partial charge in [0.05, 0.1) is 7.11 Å². The Bertz CT molecular complexity index is 734. The number of methoxy groups -OCH3 is 1. The molecule has 6 nitrogen and oxygen atoms in total. The maximum Gasteiger partial charge on any atom is 0.283 e. The van der Waals surface area contributed by atoms with Gasteiger partial charge in [-0.3, -0.25) is 10.1 Å². The second-order valence-corrected chi connectivity index (χ2v) is 5.65. The lowest BCUT2D eigenvalue weighted by atomic mass is 9.90. The summed E-state index contributed by atoms with van der Waals surface area (Å²) >= 11 is 5.86. The molecule has 0 saturated carbocycles. The van der Waals surface area contributed by atoms with Crippen LogP contribution in [0.4, 0.5) is 0 Å². The number of nitro groups is 1. The van der Waals surface area contributed by atoms with Crippen LogP contribution in [0, 0.1) is 10.1 Å². The Morgan fingerprint density at radius 2 is 1.96 bits per heavy atom. The Hall–Kier alpha value is -2.31. The molecule has 0 aliphatic carbocycles. The second-order valence-electron chi connectivity index (χ2n) is 5.21. The third-order valence-corrected chi connectivity index (χ3v) is 4.12. The van der Waals surface area contributed by atoms with Crippen LogP contribution in [0.15, 0.2) is 42.5 Å². The monoisotopic (exact) mass is 335 g/mol. The van der Waals surface area contributed by atoms with Gasteiger partial charge in [-0.1, -0.05) is 23.7 Å². The van der Waals surface area contributed by atoms with Crippen molar-refractivity contribution in [1.29, 1.82) is 0 Å². The van der Waals surface area contributed by atoms with Gasteiger partial charge in [0.2, 0.25) is 0 Å². The molecule has 7 heteroatoms. The van der Waals surface area contributed by atoms with Crippen LogP contribution in [-0.2, 0) is 0 Å². The van der Waals surface area contributed by atoms with Crippen molar-refractivity contribution >= 4 is 11.6 Å². The van der Waals surface area contributed by atoms with Gasteiger partial charge in [0.25, 0.3) is 6.04 Å². The fourth-order valence-corrected chi connectivity index (χ4v) is 2.81. The number of ether oxygens (including phenoxy) is 2. The van der Waals surface area contributed by atoms with Gasteiger partial charge in [0.1, 0.15) is 11.5 Å². The van der Waals surface area contributed by atoms with Crippen LogP contribution >= 0.6 is 11.6 Å². The molecule has 120 valence electrons. The van der Waals surface area contributed by atoms with Crippen LogP contribution in [-0.4, -0.2) is 23.2 Å². The zero-order valence-corrected chi connectivity index (χ0v) is 12.9. The number of hydrogen-bond donors (Lipinski definition) is 1. The van der Waals surface area contributed by atoms with Crippen molar-refractivity contribution in [3.8, 4) is 11.5 Å². The molecule has 0 saturated heterocycles. The Morgan fingerprint density at radius 1 is 1.26 bits per heavy atom. The molecule has 0 radical (unpaired) electrons. The molecule has 1 aliphatic heterocycles. The molecule has 2 aromatic carbocycles. The Kier molecular flexibility index (Phi) is 4.11. The molecule has 0 spiro atoms. The molecule has 2 aromatic rings. The number of halogens is 1. The van der Waals surface area contributed by atoms with Gasteiger partial charge >= 0.3 is 0 Å². The number of hydrogen-bond acceptors (Lipinski definition) is 5. The molecule has 0 fully saturated rings. The second kappa shape index (κ2) is 6.06. The molecule has 1 N–H and O–H groups in total. The van der Waals surface area contributed by atoms with Gasteiger partial charge in [-0.25, -0.2) is 0 Å². The number of benzene rings is 2. The van der Waals surface area contributed by atoms with Crippen molar-refractivity contribution in [3.63, 3.8) is 0 Å². The zero-order chi connectivity index (χ0) is 16.6. The lowest BCUT2D eigenvalue weighted by Crippen LogP contribution is -2.40. The standard InChI is InChI=1S/C16H14ClNO5/c1-22-11-6-7-12-13(8-11)23-16(14(15(12)19)18(20)21)9-2-4-10(17)5-3-9/h2-8,14-16,19H,1H3/t14?,15-,16-/m0/s1. The third-order valence-electron chi connectivity index (χ3n) is 3.87. The summed E-state index contributed by atoms with van der Waals surface area (Å²) in [4.78, 5) is 10.9. The topological polar surface area (TPSA) is 81.8 Å². The molecule has 1 heterocycles. The molecule has 0 bridgehead atoms. The lowest BCUT2D eigenvalue weighted by Gasteiger charge is -2.32. The van der Waals surface area contributed by atoms with Gasteiger partial charge < -0.3 is 14.6 Å². The van der Waals surface area contributed by atoms with Gasteiger partial charge in [0, 0.05) is 21.6 Å². The summed E-state index contributed by atoms with van der Waals surface area (Å²) in [6, 6.07) is 10.1. The molecule has 0 amide bonds. The quantitative estimate of drug-likeness (QED) is 0.688. The summed E-state index contributed by atoms with van der Waals surface area (Å²) in [5.41, 5.74) is 0.946. The van der Waals surface area contributed by atoms with E-state index in [-0.39, 0.29) is 0 Å². The van der Waals surface area contributed by atoms with Crippen molar-refractivity contribution in [2.45, 2.75) is 18.2 Å². The molecule has 3 rings (SSSR count). The molecular weight excluding hydrogens is 322 g/mol. The third kappa shape index (κ3) is 2.83. The number of nitrogens with zero attached hydrogens (tertiary/aromatic N) is 1. The first kappa shape index (κ1) is 15.6. The number of fused-ring (bicyclic) bond motifs is 1. The van der Waals surface area contributed by atoms with Crippen molar-refractivity contribution in [3.05, 3.63) is 68.7 Å². The predicted molar refractivity (Wildman–Crippen MR) is 83.6 cm³/mol. The van der Waals surface area contributed by atoms with E-state index in [1.54, 1.807) is 42.5 Å². The zero-order valence-electron chi connectivity index (χ0n) is 12.2. The van der Waals surface area contributed by atoms with Crippen molar-refractivity contribution in [1.82, 2.24) is 0 Å². The Morgan fingerprint density at radius 3 is 2.57 bits per heavy atom. The smallest absolute Gasteiger partial charge is 0.283 e. The van der Waals surface area contributed by atoms with Crippen LogP contribution in [0.3, 0.4) is 0 Å². The highest BCUT2D eigenvalue weighted by atomic mass is 35.5. The van der Waals surface area contributed by atoms with Crippen LogP contribution in [0.5, 0.6) is 11.5 Å². The summed E-state index contributed by atoms with van der Waals surface area (Å²) in [7, 11) is 1.51. The van der Waals surface area contributed by atoms with Crippen molar-refractivity contribution in [2.75, 3.05) is 7.11 Å². The van der Waals surface area contributed by atoms with Gasteiger partial charge in [-0.2, -0.15) is 0 Å². The van der Waals surface area contributed by atoms with Crippen LogP contribution in [0.2, 0.25) is 5.02 Å². The Labute approximate surface area is 137 Å². The van der Waals surface area contributed by atoms with Crippen LogP contribution in [0.1, 0.15) is 23.3 Å². The highest BCUT2D eigenvalue weighted by Gasteiger charge is 2.46. The van der Waals surface area contributed by atoms with E-state index in [0.717, 1.165) is 0 Å². The van der Waals surface area contributed by atoms with Crippen LogP contribution < -0.4 is 9.47 Å². The first-order valence-electron chi connectivity index (χ1n) is 6.93. The van der Waals surface area contributed by atoms with E-state index in [2.05, 4.69) is 0 Å². The molecule has 3 atom stereocenters. The highest BCUT2D eigenvalue weighted by Crippen LogP contribution is 2.43. The molecule has 23 heavy (non-hydrogen) atoms. The lowest BCUT2D eigenvalue weighted by molar-refractivity contribution is -0.549. The van der Waals surface area contributed by atoms with Gasteiger partial charge in [-0.15, -0.1) is 0 Å². The SMILES string of the molecule is COc1ccc2c(c1)O[C@@H](c1ccc(Cl)cc1)C([N+](=O)[O-])[C@H]2O. The Balaban J connectivity index is 2.07. The van der Waals surface area contributed by atoms with E-state index in [1.165, 1.54) is 7.11 Å². The number of rotatable bonds is 3. The average Bonchev–Trinajstić information content (AvgIpc) is 2.54. The van der Waals surface area contributed by atoms with Gasteiger partial charge in [-0.05, 0) is 29.8 Å². The van der Waals surface area contributed by atoms with E-state index in [4.69, 9.17) is 21.1 Å². The van der Waals surface area contributed by atoms with E-state index in [9.17, 15) is 15.2 Å². The summed E-state index contributed by atoms with van der Waals surface area (Å²) in [5.74, 6) is 0.917. The normalized spacial score (nSPS) is 22.8. The summed E-state index contributed by atoms with van der Waals surface area (Å²) < 4.78 is 11.0. The highest BCUT2D eigenvalue weighted by molar-refractivity contribution is 6.30. The maximum absolute atomic E-state index is 11.5. The molecule has 1 unspecified atom stereocenters. The minimum Gasteiger partial charge on any atom is -0.497 e. The minimum atomic E-state index is -1.31. The summed E-state index contributed by atoms with van der Waals surface area (Å²) in [5, 5.41) is 22.4. The fourth-order valence-electron chi connectivity index (χ4n) is 2.69. The largest absolute Gasteiger partial charge is 0.497 e. The van der Waals surface area contributed by atoms with E-state index < -0.39 is 23.2 Å². The van der Waals surface area contributed by atoms with Crippen molar-refractivity contribution < 1.29 is 19.5 Å². The number of aliphatic hydroxyl groups is 1. The van der Waals surface area contributed by atoms with E-state index in [0.29, 0.717) is 27.6 Å². The van der Waals surface area contributed by atoms with Crippen molar-refractivity contribution in [2.24, 2.45) is 0 Å². The summed E-state index contributed by atoms with van der Waals surface area (Å²) in [6.07, 6.45) is -2.20. The van der Waals surface area contributed by atoms with Crippen LogP contribution in [0.25, 0.3) is 0 Å². The molecule has 0 aromatic heterocycles. The van der Waals surface area contributed by atoms with E-state index >= 15 is 0 Å². The fraction of sp³-hybridized carbons (Fsp3) is 0.250. The average molecular weight is 336 g/mol. The molecular formula is C16H14ClNO5.